The van der Waals surface area contributed by atoms with Crippen LogP contribution in [0, 0.1) is 0 Å². The van der Waals surface area contributed by atoms with Crippen molar-refractivity contribution < 1.29 is 49.3 Å². The molecule has 1 aliphatic heterocycles. The van der Waals surface area contributed by atoms with E-state index in [9.17, 15) is 35.1 Å². The molecule has 6 N–H and O–H groups in total. The van der Waals surface area contributed by atoms with Gasteiger partial charge in [0.1, 0.15) is 24.4 Å². The molecule has 8 unspecified atom stereocenters. The Labute approximate surface area is 435 Å². The number of nitrogens with one attached hydrogen (secondary N) is 1. The van der Waals surface area contributed by atoms with Crippen LogP contribution in [0.3, 0.4) is 0 Å². The summed E-state index contributed by atoms with van der Waals surface area (Å²) in [5.74, 6) is -1.19. The average molecular weight is 1010 g/mol. The van der Waals surface area contributed by atoms with Crippen molar-refractivity contribution in [3.63, 3.8) is 0 Å². The lowest BCUT2D eigenvalue weighted by Gasteiger charge is -2.41. The molecule has 0 bridgehead atoms. The van der Waals surface area contributed by atoms with Gasteiger partial charge in [-0.15, -0.1) is 0 Å². The Hall–Kier alpha value is -1.86. The van der Waals surface area contributed by atoms with Crippen LogP contribution in [-0.4, -0.2) is 99.6 Å². The van der Waals surface area contributed by atoms with Gasteiger partial charge in [-0.1, -0.05) is 251 Å². The van der Waals surface area contributed by atoms with E-state index in [2.05, 4.69) is 38.2 Å². The third kappa shape index (κ3) is 37.5. The first-order chi connectivity index (χ1) is 34.7. The number of aliphatic hydroxyl groups is 5. The van der Waals surface area contributed by atoms with Crippen molar-refractivity contribution in [3.8, 4) is 0 Å². The van der Waals surface area contributed by atoms with Crippen LogP contribution < -0.4 is 5.32 Å². The Bertz CT molecular complexity index is 1250. The molecule has 418 valence electrons. The van der Waals surface area contributed by atoms with E-state index in [1.54, 1.807) is 6.08 Å². The van der Waals surface area contributed by atoms with E-state index in [1.165, 1.54) is 167 Å². The molecule has 71 heavy (non-hydrogen) atoms. The number of aliphatic hydroxyl groups excluding tert-OH is 5. The van der Waals surface area contributed by atoms with Gasteiger partial charge in [0, 0.05) is 6.42 Å². The van der Waals surface area contributed by atoms with Gasteiger partial charge in [-0.2, -0.15) is 0 Å². The third-order valence-corrected chi connectivity index (χ3v) is 14.4. The predicted molar refractivity (Wildman–Crippen MR) is 292 cm³/mol. The number of rotatable bonds is 51. The standard InChI is InChI=1S/C60H113NO10/c1-4-7-10-13-16-19-22-25-26-27-28-30-33-36-39-42-45-48-55(65)71-58-57(67)56(66)54(49-62)70-60(58)69-50-51(52(63)46-43-40-37-34-31-24-21-18-15-12-9-6-3)61-59(68)53(64)47-44-41-38-35-32-29-23-20-17-14-11-8-5-2/h25-26,43,46,51-54,56-58,60,62-64,66-67H,4-24,27-42,44-45,47-50H2,1-3H3,(H,61,68)/b26-25+,46-43+. The van der Waals surface area contributed by atoms with E-state index in [1.807, 2.05) is 6.08 Å². The largest absolute Gasteiger partial charge is 0.454 e. The lowest BCUT2D eigenvalue weighted by atomic mass is 9.99. The van der Waals surface area contributed by atoms with Crippen LogP contribution >= 0.6 is 0 Å². The first-order valence-electron chi connectivity index (χ1n) is 30.1. The molecule has 0 aliphatic carbocycles. The molecule has 0 aromatic carbocycles. The second-order valence-electron chi connectivity index (χ2n) is 21.1. The SMILES string of the molecule is CCCCCCCC/C=C/CCCCCCCCCC(=O)OC1C(OCC(NC(=O)C(O)CCCCCCCCCCCCCCC)C(O)/C=C/CCCCCCCCCCCC)OC(CO)C(O)C1O. The maximum atomic E-state index is 13.4. The Kier molecular flexibility index (Phi) is 46.4. The molecule has 11 heteroatoms. The molecule has 11 nitrogen and oxygen atoms in total. The molecule has 0 aromatic heterocycles. The van der Waals surface area contributed by atoms with E-state index in [0.717, 1.165) is 70.6 Å². The van der Waals surface area contributed by atoms with Crippen molar-refractivity contribution in [1.82, 2.24) is 5.32 Å². The van der Waals surface area contributed by atoms with Crippen molar-refractivity contribution in [2.45, 2.75) is 333 Å². The predicted octanol–water partition coefficient (Wildman–Crippen LogP) is 13.7. The Morgan fingerprint density at radius 1 is 0.535 bits per heavy atom. The highest BCUT2D eigenvalue weighted by molar-refractivity contribution is 5.80. The van der Waals surface area contributed by atoms with Gasteiger partial charge in [-0.3, -0.25) is 9.59 Å². The summed E-state index contributed by atoms with van der Waals surface area (Å²) >= 11 is 0. The van der Waals surface area contributed by atoms with Crippen molar-refractivity contribution in [1.29, 1.82) is 0 Å². The average Bonchev–Trinajstić information content (AvgIpc) is 3.37. The van der Waals surface area contributed by atoms with E-state index in [4.69, 9.17) is 14.2 Å². The number of hydrogen-bond acceptors (Lipinski definition) is 10. The number of amides is 1. The van der Waals surface area contributed by atoms with Gasteiger partial charge in [0.2, 0.25) is 5.91 Å². The molecule has 1 saturated heterocycles. The van der Waals surface area contributed by atoms with Crippen molar-refractivity contribution in [2.75, 3.05) is 13.2 Å². The van der Waals surface area contributed by atoms with Gasteiger partial charge < -0.3 is 45.1 Å². The van der Waals surface area contributed by atoms with Crippen LogP contribution in [-0.2, 0) is 23.8 Å². The minimum Gasteiger partial charge on any atom is -0.454 e. The fourth-order valence-corrected chi connectivity index (χ4v) is 9.53. The van der Waals surface area contributed by atoms with Gasteiger partial charge >= 0.3 is 5.97 Å². The number of hydrogen-bond donors (Lipinski definition) is 6. The molecular formula is C60H113NO10. The minimum atomic E-state index is -1.61. The monoisotopic (exact) mass is 1010 g/mol. The van der Waals surface area contributed by atoms with Crippen LogP contribution in [0.1, 0.15) is 284 Å². The molecule has 8 atom stereocenters. The molecule has 0 saturated carbocycles. The van der Waals surface area contributed by atoms with Crippen molar-refractivity contribution in [2.24, 2.45) is 0 Å². The fraction of sp³-hybridized carbons (Fsp3) is 0.900. The zero-order valence-corrected chi connectivity index (χ0v) is 46.1. The first kappa shape index (κ1) is 67.2. The number of ether oxygens (including phenoxy) is 3. The van der Waals surface area contributed by atoms with Gasteiger partial charge in [0.05, 0.1) is 25.4 Å². The quantitative estimate of drug-likeness (QED) is 0.0195. The summed E-state index contributed by atoms with van der Waals surface area (Å²) < 4.78 is 17.6. The summed E-state index contributed by atoms with van der Waals surface area (Å²) in [6.45, 7) is 5.79. The molecule has 1 aliphatic rings. The highest BCUT2D eigenvalue weighted by Crippen LogP contribution is 2.26. The maximum absolute atomic E-state index is 13.4. The summed E-state index contributed by atoms with van der Waals surface area (Å²) in [6, 6.07) is -1.02. The number of carbonyl (C=O) groups excluding carboxylic acids is 2. The third-order valence-electron chi connectivity index (χ3n) is 14.4. The van der Waals surface area contributed by atoms with E-state index < -0.39 is 67.4 Å². The molecule has 0 aromatic rings. The summed E-state index contributed by atoms with van der Waals surface area (Å²) in [5, 5.41) is 56.9. The highest BCUT2D eigenvalue weighted by atomic mass is 16.7. The van der Waals surface area contributed by atoms with Crippen molar-refractivity contribution >= 4 is 11.9 Å². The maximum Gasteiger partial charge on any atom is 0.306 e. The van der Waals surface area contributed by atoms with E-state index in [0.29, 0.717) is 19.3 Å². The summed E-state index contributed by atoms with van der Waals surface area (Å²) in [4.78, 5) is 26.5. The topological polar surface area (TPSA) is 175 Å². The normalized spacial score (nSPS) is 19.7. The number of carbonyl (C=O) groups is 2. The number of esters is 1. The minimum absolute atomic E-state index is 0.122. The van der Waals surface area contributed by atoms with Gasteiger partial charge in [0.15, 0.2) is 12.4 Å². The lowest BCUT2D eigenvalue weighted by molar-refractivity contribution is -0.305. The smallest absolute Gasteiger partial charge is 0.306 e. The van der Waals surface area contributed by atoms with Gasteiger partial charge in [-0.05, 0) is 51.4 Å². The Morgan fingerprint density at radius 3 is 1.37 bits per heavy atom. The van der Waals surface area contributed by atoms with E-state index >= 15 is 0 Å². The molecule has 1 rings (SSSR count). The van der Waals surface area contributed by atoms with Crippen LogP contribution in [0.15, 0.2) is 24.3 Å². The van der Waals surface area contributed by atoms with Crippen molar-refractivity contribution in [3.05, 3.63) is 24.3 Å². The fourth-order valence-electron chi connectivity index (χ4n) is 9.53. The van der Waals surface area contributed by atoms with Crippen LogP contribution in [0.4, 0.5) is 0 Å². The van der Waals surface area contributed by atoms with Gasteiger partial charge in [-0.25, -0.2) is 0 Å². The molecule has 1 fully saturated rings. The second-order valence-corrected chi connectivity index (χ2v) is 21.1. The zero-order valence-electron chi connectivity index (χ0n) is 46.1. The molecule has 0 spiro atoms. The zero-order chi connectivity index (χ0) is 51.8. The molecule has 1 heterocycles. The van der Waals surface area contributed by atoms with E-state index in [-0.39, 0.29) is 13.0 Å². The summed E-state index contributed by atoms with van der Waals surface area (Å²) in [7, 11) is 0. The summed E-state index contributed by atoms with van der Waals surface area (Å²) in [5.41, 5.74) is 0. The summed E-state index contributed by atoms with van der Waals surface area (Å²) in [6.07, 6.45) is 45.0. The van der Waals surface area contributed by atoms with Crippen LogP contribution in [0.5, 0.6) is 0 Å². The molecular weight excluding hydrogens is 895 g/mol. The number of unbranched alkanes of at least 4 members (excludes halogenated alkanes) is 35. The molecule has 0 radical (unpaired) electrons. The van der Waals surface area contributed by atoms with Gasteiger partial charge in [0.25, 0.3) is 0 Å². The Morgan fingerprint density at radius 2 is 0.930 bits per heavy atom. The molecule has 1 amide bonds. The second kappa shape index (κ2) is 49.0. The van der Waals surface area contributed by atoms with Crippen LogP contribution in [0.2, 0.25) is 0 Å². The van der Waals surface area contributed by atoms with Crippen LogP contribution in [0.25, 0.3) is 0 Å². The Balaban J connectivity index is 2.69. The first-order valence-corrected chi connectivity index (χ1v) is 30.1. The highest BCUT2D eigenvalue weighted by Gasteiger charge is 2.47. The lowest BCUT2D eigenvalue weighted by Crippen LogP contribution is -2.61. The number of allylic oxidation sites excluding steroid dienone is 3.